The van der Waals surface area contributed by atoms with E-state index in [2.05, 4.69) is 43.5 Å². The molecule has 0 saturated heterocycles. The molecule has 0 rings (SSSR count). The van der Waals surface area contributed by atoms with Gasteiger partial charge < -0.3 is 15.5 Å². The summed E-state index contributed by atoms with van der Waals surface area (Å²) in [5, 5.41) is 23.0. The van der Waals surface area contributed by atoms with Crippen molar-refractivity contribution < 1.29 is 15.0 Å². The number of carbonyl (C=O) groups is 1. The van der Waals surface area contributed by atoms with Crippen LogP contribution in [0.5, 0.6) is 0 Å². The lowest BCUT2D eigenvalue weighted by molar-refractivity contribution is -0.123. The van der Waals surface area contributed by atoms with Crippen LogP contribution in [0, 0.1) is 0 Å². The number of carbonyl (C=O) groups excluding carboxylic acids is 1. The molecular formula is C54H103NO3. The monoisotopic (exact) mass is 814 g/mol. The second-order valence-electron chi connectivity index (χ2n) is 17.9. The lowest BCUT2D eigenvalue weighted by Gasteiger charge is -2.19. The Bertz CT molecular complexity index is 882. The average Bonchev–Trinajstić information content (AvgIpc) is 3.23. The van der Waals surface area contributed by atoms with Crippen molar-refractivity contribution in [2.75, 3.05) is 6.61 Å². The lowest BCUT2D eigenvalue weighted by Crippen LogP contribution is -2.45. The first-order valence-corrected chi connectivity index (χ1v) is 26.2. The minimum atomic E-state index is -0.866. The van der Waals surface area contributed by atoms with Crippen LogP contribution < -0.4 is 5.32 Å². The van der Waals surface area contributed by atoms with Crippen molar-refractivity contribution in [2.24, 2.45) is 0 Å². The van der Waals surface area contributed by atoms with E-state index in [0.29, 0.717) is 6.42 Å². The molecule has 4 nitrogen and oxygen atoms in total. The van der Waals surface area contributed by atoms with Gasteiger partial charge in [0, 0.05) is 6.42 Å². The molecule has 1 amide bonds. The quantitative estimate of drug-likeness (QED) is 0.0423. The highest BCUT2D eigenvalue weighted by Gasteiger charge is 2.17. The van der Waals surface area contributed by atoms with E-state index in [9.17, 15) is 15.0 Å². The molecule has 0 aromatic rings. The number of rotatable bonds is 48. The van der Waals surface area contributed by atoms with Crippen LogP contribution in [-0.2, 0) is 4.79 Å². The van der Waals surface area contributed by atoms with Crippen molar-refractivity contribution in [1.82, 2.24) is 5.32 Å². The summed E-state index contributed by atoms with van der Waals surface area (Å²) in [5.41, 5.74) is 0. The van der Waals surface area contributed by atoms with Crippen LogP contribution in [0.3, 0.4) is 0 Å². The third kappa shape index (κ3) is 45.7. The van der Waals surface area contributed by atoms with E-state index in [1.165, 1.54) is 225 Å². The Morgan fingerprint density at radius 2 is 0.672 bits per heavy atom. The number of hydrogen-bond acceptors (Lipinski definition) is 3. The largest absolute Gasteiger partial charge is 0.394 e. The Morgan fingerprint density at radius 3 is 0.983 bits per heavy atom. The molecule has 0 aliphatic carbocycles. The maximum Gasteiger partial charge on any atom is 0.220 e. The molecule has 0 spiro atoms. The normalized spacial score (nSPS) is 13.1. The molecule has 0 aromatic heterocycles. The predicted octanol–water partition coefficient (Wildman–Crippen LogP) is 16.9. The van der Waals surface area contributed by atoms with Crippen LogP contribution >= 0.6 is 0 Å². The van der Waals surface area contributed by atoms with E-state index >= 15 is 0 Å². The van der Waals surface area contributed by atoms with Crippen molar-refractivity contribution in [1.29, 1.82) is 0 Å². The first-order chi connectivity index (χ1) is 28.7. The third-order valence-electron chi connectivity index (χ3n) is 12.1. The van der Waals surface area contributed by atoms with Gasteiger partial charge in [0.25, 0.3) is 0 Å². The molecule has 0 aromatic carbocycles. The van der Waals surface area contributed by atoms with Gasteiger partial charge in [0.05, 0.1) is 18.8 Å². The molecule has 58 heavy (non-hydrogen) atoms. The van der Waals surface area contributed by atoms with Gasteiger partial charge in [0.1, 0.15) is 0 Å². The Morgan fingerprint density at radius 1 is 0.397 bits per heavy atom. The minimum absolute atomic E-state index is 0.0749. The highest BCUT2D eigenvalue weighted by Crippen LogP contribution is 2.17. The molecular weight excluding hydrogens is 711 g/mol. The van der Waals surface area contributed by atoms with Crippen LogP contribution in [0.1, 0.15) is 284 Å². The molecule has 0 radical (unpaired) electrons. The maximum atomic E-state index is 12.4. The SMILES string of the molecule is CCCC/C=C/CC/C=C/CC/C=C/C(O)C(CO)NC(=O)CCCCCCCCCCCCCCCCCCCCCCCCCCCCCCCCCCCC. The van der Waals surface area contributed by atoms with Crippen LogP contribution in [0.15, 0.2) is 36.5 Å². The molecule has 2 unspecified atom stereocenters. The molecule has 0 fully saturated rings. The smallest absolute Gasteiger partial charge is 0.220 e. The summed E-state index contributed by atoms with van der Waals surface area (Å²) in [6.45, 7) is 4.26. The number of unbranched alkanes of at least 4 members (excludes halogenated alkanes) is 37. The Kier molecular flexibility index (Phi) is 48.8. The van der Waals surface area contributed by atoms with Gasteiger partial charge in [-0.3, -0.25) is 4.79 Å². The summed E-state index contributed by atoms with van der Waals surface area (Å²) >= 11 is 0. The number of allylic oxidation sites excluding steroid dienone is 5. The molecule has 342 valence electrons. The van der Waals surface area contributed by atoms with E-state index < -0.39 is 12.1 Å². The second-order valence-corrected chi connectivity index (χ2v) is 17.9. The molecule has 4 heteroatoms. The van der Waals surface area contributed by atoms with Gasteiger partial charge in [0.2, 0.25) is 5.91 Å². The molecule has 0 saturated carbocycles. The van der Waals surface area contributed by atoms with Crippen LogP contribution in [-0.4, -0.2) is 34.9 Å². The number of aliphatic hydroxyl groups excluding tert-OH is 2. The molecule has 0 aliphatic rings. The fourth-order valence-corrected chi connectivity index (χ4v) is 8.08. The maximum absolute atomic E-state index is 12.4. The zero-order chi connectivity index (χ0) is 42.1. The summed E-state index contributed by atoms with van der Waals surface area (Å²) in [4.78, 5) is 12.4. The standard InChI is InChI=1S/C54H103NO3/c1-3-5-7-9-11-13-15-17-18-19-20-21-22-23-24-25-26-27-28-29-30-31-32-33-34-35-36-37-38-40-42-44-46-48-50-54(58)55-52(51-56)53(57)49-47-45-43-41-39-16-14-12-10-8-6-4-2/h10,12,39,41,47,49,52-53,56-57H,3-9,11,13-38,40,42-46,48,50-51H2,1-2H3,(H,55,58)/b12-10+,41-39+,49-47+. The zero-order valence-electron chi connectivity index (χ0n) is 39.3. The van der Waals surface area contributed by atoms with Gasteiger partial charge in [-0.2, -0.15) is 0 Å². The summed E-state index contributed by atoms with van der Waals surface area (Å²) in [7, 11) is 0. The van der Waals surface area contributed by atoms with Crippen molar-refractivity contribution in [3.05, 3.63) is 36.5 Å². The topological polar surface area (TPSA) is 69.6 Å². The fourth-order valence-electron chi connectivity index (χ4n) is 8.08. The molecule has 2 atom stereocenters. The molecule has 3 N–H and O–H groups in total. The van der Waals surface area contributed by atoms with Crippen molar-refractivity contribution >= 4 is 5.91 Å². The number of hydrogen-bond donors (Lipinski definition) is 3. The lowest BCUT2D eigenvalue weighted by atomic mass is 10.0. The first-order valence-electron chi connectivity index (χ1n) is 26.2. The number of nitrogens with one attached hydrogen (secondary N) is 1. The Labute approximate surface area is 363 Å². The van der Waals surface area contributed by atoms with Crippen LogP contribution in [0.4, 0.5) is 0 Å². The average molecular weight is 814 g/mol. The van der Waals surface area contributed by atoms with Gasteiger partial charge in [0.15, 0.2) is 0 Å². The second kappa shape index (κ2) is 50.0. The fraction of sp³-hybridized carbons (Fsp3) is 0.870. The van der Waals surface area contributed by atoms with E-state index in [1.807, 2.05) is 6.08 Å². The zero-order valence-corrected chi connectivity index (χ0v) is 39.3. The van der Waals surface area contributed by atoms with Crippen molar-refractivity contribution in [2.45, 2.75) is 296 Å². The highest BCUT2D eigenvalue weighted by atomic mass is 16.3. The number of amides is 1. The van der Waals surface area contributed by atoms with Crippen LogP contribution in [0.25, 0.3) is 0 Å². The van der Waals surface area contributed by atoms with Gasteiger partial charge in [-0.15, -0.1) is 0 Å². The first kappa shape index (κ1) is 56.6. The van der Waals surface area contributed by atoms with Gasteiger partial charge in [-0.25, -0.2) is 0 Å². The van der Waals surface area contributed by atoms with Crippen LogP contribution in [0.2, 0.25) is 0 Å². The number of aliphatic hydroxyl groups is 2. The molecule has 0 heterocycles. The van der Waals surface area contributed by atoms with E-state index in [0.717, 1.165) is 38.5 Å². The minimum Gasteiger partial charge on any atom is -0.394 e. The summed E-state index contributed by atoms with van der Waals surface area (Å²) in [6.07, 6.45) is 67.4. The van der Waals surface area contributed by atoms with Gasteiger partial charge in [-0.1, -0.05) is 275 Å². The third-order valence-corrected chi connectivity index (χ3v) is 12.1. The van der Waals surface area contributed by atoms with Gasteiger partial charge in [-0.05, 0) is 38.5 Å². The molecule has 0 bridgehead atoms. The summed E-state index contributed by atoms with van der Waals surface area (Å²) in [6, 6.07) is -0.642. The van der Waals surface area contributed by atoms with Crippen molar-refractivity contribution in [3.63, 3.8) is 0 Å². The highest BCUT2D eigenvalue weighted by molar-refractivity contribution is 5.76. The van der Waals surface area contributed by atoms with E-state index in [4.69, 9.17) is 0 Å². The Balaban J connectivity index is 3.39. The summed E-state index contributed by atoms with van der Waals surface area (Å²) in [5.74, 6) is -0.0749. The van der Waals surface area contributed by atoms with Gasteiger partial charge >= 0.3 is 0 Å². The predicted molar refractivity (Wildman–Crippen MR) is 258 cm³/mol. The van der Waals surface area contributed by atoms with Crippen molar-refractivity contribution in [3.8, 4) is 0 Å². The Hall–Kier alpha value is -1.39. The molecule has 0 aliphatic heterocycles. The summed E-state index contributed by atoms with van der Waals surface area (Å²) < 4.78 is 0. The van der Waals surface area contributed by atoms with E-state index in [-0.39, 0.29) is 12.5 Å². The van der Waals surface area contributed by atoms with E-state index in [1.54, 1.807) is 6.08 Å².